The molecule has 0 aromatic carbocycles. The van der Waals surface area contributed by atoms with Crippen molar-refractivity contribution < 1.29 is 0 Å². The topological polar surface area (TPSA) is 0 Å². The van der Waals surface area contributed by atoms with Gasteiger partial charge in [-0.3, -0.25) is 0 Å². The van der Waals surface area contributed by atoms with E-state index in [1.54, 1.807) is 5.57 Å². The molecular weight excluding hydrogens is 204 g/mol. The molecule has 17 heavy (non-hydrogen) atoms. The number of rotatable bonds is 2. The molecule has 0 nitrogen and oxygen atoms in total. The number of allylic oxidation sites excluding steroid dienone is 4. The van der Waals surface area contributed by atoms with E-state index in [0.717, 1.165) is 17.8 Å². The molecule has 2 aliphatic carbocycles. The van der Waals surface area contributed by atoms with Gasteiger partial charge in [-0.2, -0.15) is 0 Å². The van der Waals surface area contributed by atoms with Crippen molar-refractivity contribution in [2.24, 2.45) is 23.2 Å². The second-order valence-electron chi connectivity index (χ2n) is 6.91. The van der Waals surface area contributed by atoms with Crippen molar-refractivity contribution in [2.75, 3.05) is 0 Å². The lowest BCUT2D eigenvalue weighted by atomic mass is 9.64. The van der Waals surface area contributed by atoms with E-state index in [9.17, 15) is 0 Å². The third-order valence-electron chi connectivity index (χ3n) is 5.09. The number of hydrogen-bond acceptors (Lipinski definition) is 0. The lowest BCUT2D eigenvalue weighted by Crippen LogP contribution is -2.30. The highest BCUT2D eigenvalue weighted by Gasteiger charge is 2.34. The fraction of sp³-hybridized carbons (Fsp3) is 0.765. The van der Waals surface area contributed by atoms with Crippen LogP contribution < -0.4 is 0 Å². The Kier molecular flexibility index (Phi) is 3.80. The second kappa shape index (κ2) is 5.00. The molecule has 0 heteroatoms. The van der Waals surface area contributed by atoms with Crippen LogP contribution in [0.1, 0.15) is 59.8 Å². The van der Waals surface area contributed by atoms with Crippen LogP contribution in [0.4, 0.5) is 0 Å². The van der Waals surface area contributed by atoms with Crippen molar-refractivity contribution in [3.8, 4) is 0 Å². The lowest BCUT2D eigenvalue weighted by molar-refractivity contribution is 0.172. The molecule has 0 N–H and O–H groups in total. The Morgan fingerprint density at radius 2 is 1.71 bits per heavy atom. The standard InChI is InChI=1S/C17H28/c1-13-5-9-15(10-6-13)17(3,4)16-11-7-14(2)8-12-16/h5,9-10,13-14,16H,6-8,11-12H2,1-4H3. The molecule has 1 atom stereocenters. The van der Waals surface area contributed by atoms with Gasteiger partial charge < -0.3 is 0 Å². The fourth-order valence-electron chi connectivity index (χ4n) is 3.42. The summed E-state index contributed by atoms with van der Waals surface area (Å²) >= 11 is 0. The van der Waals surface area contributed by atoms with Gasteiger partial charge in [0, 0.05) is 0 Å². The molecule has 0 bridgehead atoms. The fourth-order valence-corrected chi connectivity index (χ4v) is 3.42. The van der Waals surface area contributed by atoms with Crippen molar-refractivity contribution in [3.05, 3.63) is 23.8 Å². The first-order valence-corrected chi connectivity index (χ1v) is 7.39. The Balaban J connectivity index is 2.06. The molecule has 0 saturated heterocycles. The minimum atomic E-state index is 0.386. The molecule has 0 aliphatic heterocycles. The smallest absolute Gasteiger partial charge is 0.00786 e. The van der Waals surface area contributed by atoms with Gasteiger partial charge in [-0.1, -0.05) is 58.8 Å². The normalized spacial score (nSPS) is 34.6. The predicted octanol–water partition coefficient (Wildman–Crippen LogP) is 5.36. The van der Waals surface area contributed by atoms with Crippen LogP contribution in [0, 0.1) is 23.2 Å². The van der Waals surface area contributed by atoms with Gasteiger partial charge in [-0.05, 0) is 48.0 Å². The van der Waals surface area contributed by atoms with Gasteiger partial charge in [0.2, 0.25) is 0 Å². The van der Waals surface area contributed by atoms with E-state index in [1.807, 2.05) is 0 Å². The van der Waals surface area contributed by atoms with E-state index in [4.69, 9.17) is 0 Å². The van der Waals surface area contributed by atoms with Crippen molar-refractivity contribution >= 4 is 0 Å². The summed E-state index contributed by atoms with van der Waals surface area (Å²) in [7, 11) is 0. The minimum absolute atomic E-state index is 0.386. The van der Waals surface area contributed by atoms with Crippen molar-refractivity contribution in [3.63, 3.8) is 0 Å². The van der Waals surface area contributed by atoms with Gasteiger partial charge in [0.25, 0.3) is 0 Å². The monoisotopic (exact) mass is 232 g/mol. The highest BCUT2D eigenvalue weighted by atomic mass is 14.4. The summed E-state index contributed by atoms with van der Waals surface area (Å²) in [6.45, 7) is 9.63. The molecule has 1 fully saturated rings. The average Bonchev–Trinajstić information content (AvgIpc) is 2.30. The van der Waals surface area contributed by atoms with Crippen LogP contribution in [0.15, 0.2) is 23.8 Å². The van der Waals surface area contributed by atoms with Crippen LogP contribution in [-0.2, 0) is 0 Å². The summed E-state index contributed by atoms with van der Waals surface area (Å²) < 4.78 is 0. The Hall–Kier alpha value is -0.520. The Morgan fingerprint density at radius 3 is 2.24 bits per heavy atom. The first kappa shape index (κ1) is 12.9. The highest BCUT2D eigenvalue weighted by molar-refractivity contribution is 5.30. The minimum Gasteiger partial charge on any atom is -0.0811 e. The van der Waals surface area contributed by atoms with E-state index in [0.29, 0.717) is 5.41 Å². The zero-order chi connectivity index (χ0) is 12.5. The summed E-state index contributed by atoms with van der Waals surface area (Å²) in [6, 6.07) is 0. The van der Waals surface area contributed by atoms with E-state index in [2.05, 4.69) is 45.9 Å². The molecule has 1 unspecified atom stereocenters. The molecule has 2 rings (SSSR count). The van der Waals surface area contributed by atoms with Crippen LogP contribution in [0.5, 0.6) is 0 Å². The third kappa shape index (κ3) is 2.84. The third-order valence-corrected chi connectivity index (χ3v) is 5.09. The molecule has 1 saturated carbocycles. The molecular formula is C17H28. The van der Waals surface area contributed by atoms with Crippen LogP contribution in [0.25, 0.3) is 0 Å². The highest BCUT2D eigenvalue weighted by Crippen LogP contribution is 2.45. The number of hydrogen-bond donors (Lipinski definition) is 0. The maximum absolute atomic E-state index is 2.49. The van der Waals surface area contributed by atoms with Gasteiger partial charge in [0.05, 0.1) is 0 Å². The Morgan fingerprint density at radius 1 is 1.06 bits per heavy atom. The molecule has 0 radical (unpaired) electrons. The van der Waals surface area contributed by atoms with Crippen molar-refractivity contribution in [1.82, 2.24) is 0 Å². The zero-order valence-electron chi connectivity index (χ0n) is 12.0. The van der Waals surface area contributed by atoms with Crippen molar-refractivity contribution in [1.29, 1.82) is 0 Å². The molecule has 0 amide bonds. The van der Waals surface area contributed by atoms with E-state index < -0.39 is 0 Å². The van der Waals surface area contributed by atoms with Gasteiger partial charge in [0.15, 0.2) is 0 Å². The van der Waals surface area contributed by atoms with Gasteiger partial charge in [-0.15, -0.1) is 0 Å². The Labute approximate surface area is 107 Å². The van der Waals surface area contributed by atoms with Crippen LogP contribution in [0.2, 0.25) is 0 Å². The Bertz CT molecular complexity index is 311. The van der Waals surface area contributed by atoms with Crippen molar-refractivity contribution in [2.45, 2.75) is 59.8 Å². The molecule has 0 aromatic rings. The zero-order valence-corrected chi connectivity index (χ0v) is 12.0. The van der Waals surface area contributed by atoms with Crippen LogP contribution >= 0.6 is 0 Å². The van der Waals surface area contributed by atoms with Crippen LogP contribution in [-0.4, -0.2) is 0 Å². The van der Waals surface area contributed by atoms with Gasteiger partial charge in [0.1, 0.15) is 0 Å². The predicted molar refractivity (Wildman–Crippen MR) is 75.9 cm³/mol. The molecule has 2 aliphatic rings. The van der Waals surface area contributed by atoms with E-state index in [1.165, 1.54) is 32.1 Å². The van der Waals surface area contributed by atoms with Gasteiger partial charge in [-0.25, -0.2) is 0 Å². The second-order valence-corrected chi connectivity index (χ2v) is 6.91. The summed E-state index contributed by atoms with van der Waals surface area (Å²) in [5.74, 6) is 2.59. The largest absolute Gasteiger partial charge is 0.0811 e. The molecule has 0 spiro atoms. The SMILES string of the molecule is CC1C=CC(C(C)(C)C2CCC(C)CC2)=CC1. The molecule has 0 aromatic heterocycles. The summed E-state index contributed by atoms with van der Waals surface area (Å²) in [5.41, 5.74) is 1.98. The van der Waals surface area contributed by atoms with E-state index >= 15 is 0 Å². The lowest BCUT2D eigenvalue weighted by Gasteiger charge is -2.40. The summed E-state index contributed by atoms with van der Waals surface area (Å²) in [5, 5.41) is 0. The first-order valence-electron chi connectivity index (χ1n) is 7.39. The molecule has 96 valence electrons. The average molecular weight is 232 g/mol. The van der Waals surface area contributed by atoms with Crippen LogP contribution in [0.3, 0.4) is 0 Å². The molecule has 0 heterocycles. The summed E-state index contributed by atoms with van der Waals surface area (Å²) in [6.07, 6.45) is 14.2. The maximum atomic E-state index is 2.49. The first-order chi connectivity index (χ1) is 8.00. The van der Waals surface area contributed by atoms with Gasteiger partial charge >= 0.3 is 0 Å². The van der Waals surface area contributed by atoms with E-state index in [-0.39, 0.29) is 0 Å². The maximum Gasteiger partial charge on any atom is -0.00786 e. The quantitative estimate of drug-likeness (QED) is 0.601. The summed E-state index contributed by atoms with van der Waals surface area (Å²) in [4.78, 5) is 0.